The number of hydrogen-bond acceptors (Lipinski definition) is 2. The van der Waals surface area contributed by atoms with Gasteiger partial charge >= 0.3 is 0 Å². The monoisotopic (exact) mass is 364 g/mol. The van der Waals surface area contributed by atoms with Gasteiger partial charge in [-0.3, -0.25) is 9.59 Å². The smallest absolute Gasteiger partial charge is 0.267 e. The zero-order chi connectivity index (χ0) is 18.1. The van der Waals surface area contributed by atoms with Crippen molar-refractivity contribution < 1.29 is 4.79 Å². The van der Waals surface area contributed by atoms with Crippen LogP contribution in [-0.4, -0.2) is 16.9 Å². The fourth-order valence-electron chi connectivity index (χ4n) is 3.28. The normalized spacial score (nSPS) is 17.5. The fraction of sp³-hybridized carbons (Fsp3) is 0.143. The van der Waals surface area contributed by atoms with Gasteiger partial charge in [0.25, 0.3) is 5.56 Å². The molecule has 1 fully saturated rings. The fourth-order valence-corrected chi connectivity index (χ4v) is 3.39. The molecule has 5 heteroatoms. The largest absolute Gasteiger partial charge is 0.350 e. The summed E-state index contributed by atoms with van der Waals surface area (Å²) in [6, 6.07) is 17.6. The average Bonchev–Trinajstić information content (AvgIpc) is 3.07. The van der Waals surface area contributed by atoms with E-state index >= 15 is 0 Å². The van der Waals surface area contributed by atoms with E-state index < -0.39 is 0 Å². The number of hydrogen-bond donors (Lipinski definition) is 2. The standard InChI is InChI=1S/C21H17ClN2O2/c22-18-8-9-19(24-21(18)26)17(12-16-7-10-20(25)23-16)15-6-5-13-3-1-2-4-14(13)11-15/h1-6,8-9,11-12,16H,7,10H2,(H,23,25)(H,24,26)/b17-12+/t16-/m1/s1. The molecule has 0 spiro atoms. The van der Waals surface area contributed by atoms with Crippen molar-refractivity contribution in [3.63, 3.8) is 0 Å². The molecular formula is C21H17ClN2O2. The van der Waals surface area contributed by atoms with Crippen LogP contribution in [0.4, 0.5) is 0 Å². The molecule has 1 aromatic heterocycles. The van der Waals surface area contributed by atoms with Crippen molar-refractivity contribution in [3.05, 3.63) is 87.3 Å². The number of benzene rings is 2. The van der Waals surface area contributed by atoms with Gasteiger partial charge in [-0.1, -0.05) is 54.1 Å². The van der Waals surface area contributed by atoms with E-state index in [9.17, 15) is 9.59 Å². The minimum Gasteiger partial charge on any atom is -0.350 e. The maximum atomic E-state index is 12.0. The quantitative estimate of drug-likeness (QED) is 0.740. The summed E-state index contributed by atoms with van der Waals surface area (Å²) in [6.45, 7) is 0. The molecule has 26 heavy (non-hydrogen) atoms. The van der Waals surface area contributed by atoms with E-state index in [0.717, 1.165) is 28.3 Å². The Morgan fingerprint density at radius 1 is 1.04 bits per heavy atom. The van der Waals surface area contributed by atoms with Crippen LogP contribution in [0.25, 0.3) is 16.3 Å². The molecule has 130 valence electrons. The number of carbonyl (C=O) groups is 1. The molecule has 2 aromatic carbocycles. The summed E-state index contributed by atoms with van der Waals surface area (Å²) >= 11 is 5.88. The molecule has 4 rings (SSSR count). The molecule has 1 atom stereocenters. The highest BCUT2D eigenvalue weighted by Gasteiger charge is 2.20. The number of fused-ring (bicyclic) bond motifs is 1. The highest BCUT2D eigenvalue weighted by molar-refractivity contribution is 6.30. The number of aromatic nitrogens is 1. The van der Waals surface area contributed by atoms with Crippen molar-refractivity contribution in [1.82, 2.24) is 10.3 Å². The van der Waals surface area contributed by atoms with Crippen LogP contribution in [0.3, 0.4) is 0 Å². The molecule has 2 N–H and O–H groups in total. The number of aromatic amines is 1. The van der Waals surface area contributed by atoms with Gasteiger partial charge in [0.15, 0.2) is 0 Å². The second-order valence-corrected chi connectivity index (χ2v) is 6.81. The van der Waals surface area contributed by atoms with E-state index in [1.54, 1.807) is 12.1 Å². The molecule has 1 aliphatic rings. The van der Waals surface area contributed by atoms with Gasteiger partial charge in [-0.15, -0.1) is 0 Å². The minimum absolute atomic E-state index is 0.0497. The summed E-state index contributed by atoms with van der Waals surface area (Å²) in [5, 5.41) is 5.37. The Kier molecular flexibility index (Phi) is 4.35. The van der Waals surface area contributed by atoms with Crippen LogP contribution in [0.2, 0.25) is 5.02 Å². The molecule has 1 amide bonds. The van der Waals surface area contributed by atoms with E-state index in [2.05, 4.69) is 34.6 Å². The highest BCUT2D eigenvalue weighted by atomic mass is 35.5. The van der Waals surface area contributed by atoms with E-state index in [0.29, 0.717) is 12.1 Å². The van der Waals surface area contributed by atoms with Crippen LogP contribution in [-0.2, 0) is 4.79 Å². The first-order valence-corrected chi connectivity index (χ1v) is 8.87. The van der Waals surface area contributed by atoms with Crippen molar-refractivity contribution in [2.45, 2.75) is 18.9 Å². The zero-order valence-corrected chi connectivity index (χ0v) is 14.7. The highest BCUT2D eigenvalue weighted by Crippen LogP contribution is 2.27. The summed E-state index contributed by atoms with van der Waals surface area (Å²) in [7, 11) is 0. The van der Waals surface area contributed by atoms with Crippen LogP contribution >= 0.6 is 11.6 Å². The van der Waals surface area contributed by atoms with E-state index in [-0.39, 0.29) is 22.5 Å². The molecule has 0 radical (unpaired) electrons. The summed E-state index contributed by atoms with van der Waals surface area (Å²) in [5.41, 5.74) is 2.20. The third-order valence-corrected chi connectivity index (χ3v) is 4.91. The van der Waals surface area contributed by atoms with Crippen molar-refractivity contribution in [2.75, 3.05) is 0 Å². The Morgan fingerprint density at radius 2 is 1.85 bits per heavy atom. The molecule has 0 aliphatic carbocycles. The number of rotatable bonds is 3. The molecule has 0 saturated carbocycles. The summed E-state index contributed by atoms with van der Waals surface area (Å²) in [4.78, 5) is 26.4. The van der Waals surface area contributed by atoms with Crippen molar-refractivity contribution >= 4 is 33.9 Å². The average molecular weight is 365 g/mol. The molecule has 4 nitrogen and oxygen atoms in total. The summed E-state index contributed by atoms with van der Waals surface area (Å²) in [5.74, 6) is 0.0497. The molecule has 1 aliphatic heterocycles. The number of pyridine rings is 1. The third kappa shape index (κ3) is 3.28. The van der Waals surface area contributed by atoms with Crippen molar-refractivity contribution in [3.8, 4) is 0 Å². The van der Waals surface area contributed by atoms with Gasteiger partial charge in [0, 0.05) is 23.7 Å². The first-order valence-electron chi connectivity index (χ1n) is 8.50. The van der Waals surface area contributed by atoms with Gasteiger partial charge in [-0.05, 0) is 41.0 Å². The van der Waals surface area contributed by atoms with Crippen LogP contribution in [0.5, 0.6) is 0 Å². The summed E-state index contributed by atoms with van der Waals surface area (Å²) < 4.78 is 0. The third-order valence-electron chi connectivity index (χ3n) is 4.61. The maximum absolute atomic E-state index is 12.0. The van der Waals surface area contributed by atoms with Gasteiger partial charge in [-0.25, -0.2) is 0 Å². The Bertz CT molecular complexity index is 1080. The predicted molar refractivity (Wildman–Crippen MR) is 104 cm³/mol. The van der Waals surface area contributed by atoms with Gasteiger partial charge in [0.05, 0.1) is 0 Å². The lowest BCUT2D eigenvalue weighted by Crippen LogP contribution is -2.23. The van der Waals surface area contributed by atoms with Crippen LogP contribution in [0, 0.1) is 0 Å². The lowest BCUT2D eigenvalue weighted by atomic mass is 9.96. The number of carbonyl (C=O) groups excluding carboxylic acids is 1. The number of H-pyrrole nitrogens is 1. The lowest BCUT2D eigenvalue weighted by molar-refractivity contribution is -0.119. The Labute approximate surface area is 155 Å². The second-order valence-electron chi connectivity index (χ2n) is 6.40. The van der Waals surface area contributed by atoms with Gasteiger partial charge in [-0.2, -0.15) is 0 Å². The Morgan fingerprint density at radius 3 is 2.58 bits per heavy atom. The topological polar surface area (TPSA) is 62.0 Å². The van der Waals surface area contributed by atoms with Crippen LogP contribution in [0.15, 0.2) is 65.5 Å². The molecule has 3 aromatic rings. The Hall–Kier alpha value is -2.85. The van der Waals surface area contributed by atoms with E-state index in [1.807, 2.05) is 24.3 Å². The number of halogens is 1. The van der Waals surface area contributed by atoms with E-state index in [4.69, 9.17) is 11.6 Å². The van der Waals surface area contributed by atoms with E-state index in [1.165, 1.54) is 0 Å². The number of amides is 1. The van der Waals surface area contributed by atoms with Crippen LogP contribution in [0.1, 0.15) is 24.1 Å². The molecular weight excluding hydrogens is 348 g/mol. The first-order chi connectivity index (χ1) is 12.6. The van der Waals surface area contributed by atoms with Gasteiger partial charge < -0.3 is 10.3 Å². The summed E-state index contributed by atoms with van der Waals surface area (Å²) in [6.07, 6.45) is 3.27. The predicted octanol–water partition coefficient (Wildman–Crippen LogP) is 3.89. The van der Waals surface area contributed by atoms with Crippen molar-refractivity contribution in [2.24, 2.45) is 0 Å². The SMILES string of the molecule is O=C1CC[C@H](/C=C(\c2ccc3ccccc3c2)c2ccc(Cl)c(=O)[nH]2)N1. The molecule has 1 saturated heterocycles. The molecule has 2 heterocycles. The second kappa shape index (κ2) is 6.81. The van der Waals surface area contributed by atoms with Crippen molar-refractivity contribution in [1.29, 1.82) is 0 Å². The van der Waals surface area contributed by atoms with Gasteiger partial charge in [0.1, 0.15) is 5.02 Å². The van der Waals surface area contributed by atoms with Crippen LogP contribution < -0.4 is 10.9 Å². The lowest BCUT2D eigenvalue weighted by Gasteiger charge is -2.13. The van der Waals surface area contributed by atoms with Gasteiger partial charge in [0.2, 0.25) is 5.91 Å². The molecule has 0 unspecified atom stereocenters. The first kappa shape index (κ1) is 16.6. The molecule has 0 bridgehead atoms. The zero-order valence-electron chi connectivity index (χ0n) is 14.0. The number of nitrogens with one attached hydrogen (secondary N) is 2. The maximum Gasteiger partial charge on any atom is 0.267 e. The Balaban J connectivity index is 1.85. The minimum atomic E-state index is -0.327.